The first-order valence-corrected chi connectivity index (χ1v) is 5.87. The first-order valence-electron chi connectivity index (χ1n) is 5.87. The van der Waals surface area contributed by atoms with Gasteiger partial charge < -0.3 is 9.88 Å². The van der Waals surface area contributed by atoms with Gasteiger partial charge in [0.2, 0.25) is 0 Å². The Balaban J connectivity index is 2.30. The van der Waals surface area contributed by atoms with E-state index in [1.54, 1.807) is 0 Å². The molecule has 1 N–H and O–H groups in total. The lowest BCUT2D eigenvalue weighted by atomic mass is 9.86. The molecule has 1 aromatic heterocycles. The molecule has 3 nitrogen and oxygen atoms in total. The smallest absolute Gasteiger partial charge is 0.128 e. The zero-order chi connectivity index (χ0) is 10.9. The van der Waals surface area contributed by atoms with Crippen LogP contribution in [-0.4, -0.2) is 16.1 Å². The lowest BCUT2D eigenvalue weighted by molar-refractivity contribution is 0.287. The number of rotatable bonds is 3. The molecule has 15 heavy (non-hydrogen) atoms. The molecule has 1 saturated heterocycles. The highest BCUT2D eigenvalue weighted by molar-refractivity contribution is 5.11. The summed E-state index contributed by atoms with van der Waals surface area (Å²) < 4.78 is 2.15. The molecule has 0 saturated carbocycles. The van der Waals surface area contributed by atoms with Gasteiger partial charge in [-0.05, 0) is 31.7 Å². The highest BCUT2D eigenvalue weighted by Gasteiger charge is 2.38. The second-order valence-electron chi connectivity index (χ2n) is 5.07. The minimum atomic E-state index is 0.131. The van der Waals surface area contributed by atoms with E-state index >= 15 is 0 Å². The standard InChI is InChI=1S/C12H21N3/c1-10(2)9-12(5-4-6-14-12)11-13-7-8-15(11)3/h7-8,10,14H,4-6,9H2,1-3H3. The highest BCUT2D eigenvalue weighted by atomic mass is 15.1. The minimum Gasteiger partial charge on any atom is -0.336 e. The second-order valence-corrected chi connectivity index (χ2v) is 5.07. The van der Waals surface area contributed by atoms with E-state index in [1.807, 2.05) is 12.4 Å². The summed E-state index contributed by atoms with van der Waals surface area (Å²) in [5, 5.41) is 3.66. The maximum atomic E-state index is 4.52. The number of aromatic nitrogens is 2. The molecule has 1 unspecified atom stereocenters. The molecule has 0 amide bonds. The van der Waals surface area contributed by atoms with Crippen LogP contribution in [0.15, 0.2) is 12.4 Å². The zero-order valence-corrected chi connectivity index (χ0v) is 9.95. The normalized spacial score (nSPS) is 26.4. The molecule has 1 aromatic rings. The van der Waals surface area contributed by atoms with Gasteiger partial charge >= 0.3 is 0 Å². The summed E-state index contributed by atoms with van der Waals surface area (Å²) in [7, 11) is 2.09. The fraction of sp³-hybridized carbons (Fsp3) is 0.750. The molecular formula is C12H21N3. The molecule has 1 atom stereocenters. The Kier molecular flexibility index (Phi) is 2.83. The molecule has 84 valence electrons. The third kappa shape index (κ3) is 1.93. The zero-order valence-electron chi connectivity index (χ0n) is 9.95. The van der Waals surface area contributed by atoms with Gasteiger partial charge in [-0.1, -0.05) is 13.8 Å². The molecule has 3 heteroatoms. The van der Waals surface area contributed by atoms with Crippen molar-refractivity contribution in [2.45, 2.75) is 38.6 Å². The van der Waals surface area contributed by atoms with Crippen molar-refractivity contribution in [2.24, 2.45) is 13.0 Å². The number of hydrogen-bond acceptors (Lipinski definition) is 2. The van der Waals surface area contributed by atoms with Gasteiger partial charge in [-0.3, -0.25) is 0 Å². The molecular weight excluding hydrogens is 186 g/mol. The van der Waals surface area contributed by atoms with Crippen LogP contribution in [0.4, 0.5) is 0 Å². The van der Waals surface area contributed by atoms with Crippen molar-refractivity contribution >= 4 is 0 Å². The maximum absolute atomic E-state index is 4.52. The van der Waals surface area contributed by atoms with Gasteiger partial charge in [-0.2, -0.15) is 0 Å². The predicted octanol–water partition coefficient (Wildman–Crippen LogP) is 2.04. The lowest BCUT2D eigenvalue weighted by Crippen LogP contribution is -2.40. The monoisotopic (exact) mass is 207 g/mol. The third-order valence-electron chi connectivity index (χ3n) is 3.25. The van der Waals surface area contributed by atoms with Crippen molar-refractivity contribution < 1.29 is 0 Å². The van der Waals surface area contributed by atoms with Crippen LogP contribution >= 0.6 is 0 Å². The van der Waals surface area contributed by atoms with Gasteiger partial charge in [0.1, 0.15) is 5.82 Å². The van der Waals surface area contributed by atoms with Gasteiger partial charge in [0, 0.05) is 19.4 Å². The fourth-order valence-corrected chi connectivity index (χ4v) is 2.79. The van der Waals surface area contributed by atoms with Gasteiger partial charge in [0.15, 0.2) is 0 Å². The van der Waals surface area contributed by atoms with Gasteiger partial charge in [0.25, 0.3) is 0 Å². The molecule has 0 bridgehead atoms. The van der Waals surface area contributed by atoms with Crippen molar-refractivity contribution in [2.75, 3.05) is 6.54 Å². The van der Waals surface area contributed by atoms with E-state index in [0.29, 0.717) is 5.92 Å². The van der Waals surface area contributed by atoms with E-state index in [1.165, 1.54) is 25.1 Å². The molecule has 2 rings (SSSR count). The number of hydrogen-bond donors (Lipinski definition) is 1. The number of aryl methyl sites for hydroxylation is 1. The molecule has 0 spiro atoms. The Hall–Kier alpha value is -0.830. The molecule has 0 aromatic carbocycles. The average molecular weight is 207 g/mol. The maximum Gasteiger partial charge on any atom is 0.128 e. The second kappa shape index (κ2) is 3.97. The minimum absolute atomic E-state index is 0.131. The van der Waals surface area contributed by atoms with Crippen molar-refractivity contribution in [3.8, 4) is 0 Å². The molecule has 0 aliphatic carbocycles. The lowest BCUT2D eigenvalue weighted by Gasteiger charge is -2.30. The van der Waals surface area contributed by atoms with Crippen LogP contribution in [0.2, 0.25) is 0 Å². The number of imidazole rings is 1. The van der Waals surface area contributed by atoms with Gasteiger partial charge in [-0.15, -0.1) is 0 Å². The van der Waals surface area contributed by atoms with Crippen molar-refractivity contribution in [3.63, 3.8) is 0 Å². The van der Waals surface area contributed by atoms with E-state index < -0.39 is 0 Å². The first-order chi connectivity index (χ1) is 7.14. The van der Waals surface area contributed by atoms with E-state index in [-0.39, 0.29) is 5.54 Å². The van der Waals surface area contributed by atoms with E-state index in [0.717, 1.165) is 6.54 Å². The van der Waals surface area contributed by atoms with E-state index in [9.17, 15) is 0 Å². The molecule has 2 heterocycles. The average Bonchev–Trinajstić information content (AvgIpc) is 2.73. The van der Waals surface area contributed by atoms with Crippen LogP contribution in [0.5, 0.6) is 0 Å². The molecule has 0 radical (unpaired) electrons. The molecule has 1 aliphatic heterocycles. The van der Waals surface area contributed by atoms with Crippen molar-refractivity contribution in [1.29, 1.82) is 0 Å². The van der Waals surface area contributed by atoms with Gasteiger partial charge in [0.05, 0.1) is 5.54 Å². The van der Waals surface area contributed by atoms with Crippen LogP contribution in [-0.2, 0) is 12.6 Å². The Labute approximate surface area is 91.9 Å². The quantitative estimate of drug-likeness (QED) is 0.822. The van der Waals surface area contributed by atoms with Crippen LogP contribution in [0, 0.1) is 5.92 Å². The summed E-state index contributed by atoms with van der Waals surface area (Å²) in [6.45, 7) is 5.69. The third-order valence-corrected chi connectivity index (χ3v) is 3.25. The summed E-state index contributed by atoms with van der Waals surface area (Å²) in [5.41, 5.74) is 0.131. The SMILES string of the molecule is CC(C)CC1(c2nccn2C)CCCN1. The number of nitrogens with one attached hydrogen (secondary N) is 1. The van der Waals surface area contributed by atoms with Gasteiger partial charge in [-0.25, -0.2) is 4.98 Å². The molecule has 1 fully saturated rings. The van der Waals surface area contributed by atoms with Crippen molar-refractivity contribution in [3.05, 3.63) is 18.2 Å². The van der Waals surface area contributed by atoms with Crippen LogP contribution in [0.25, 0.3) is 0 Å². The molecule has 1 aliphatic rings. The Bertz CT molecular complexity index is 321. The summed E-state index contributed by atoms with van der Waals surface area (Å²) in [4.78, 5) is 4.52. The predicted molar refractivity (Wildman–Crippen MR) is 61.6 cm³/mol. The largest absolute Gasteiger partial charge is 0.336 e. The number of nitrogens with zero attached hydrogens (tertiary/aromatic N) is 2. The summed E-state index contributed by atoms with van der Waals surface area (Å²) in [6, 6.07) is 0. The fourth-order valence-electron chi connectivity index (χ4n) is 2.79. The topological polar surface area (TPSA) is 29.9 Å². The van der Waals surface area contributed by atoms with E-state index in [2.05, 4.69) is 35.8 Å². The van der Waals surface area contributed by atoms with Crippen LogP contribution in [0.1, 0.15) is 38.9 Å². The van der Waals surface area contributed by atoms with Crippen molar-refractivity contribution in [1.82, 2.24) is 14.9 Å². The Morgan fingerprint density at radius 3 is 2.87 bits per heavy atom. The highest BCUT2D eigenvalue weighted by Crippen LogP contribution is 2.35. The summed E-state index contributed by atoms with van der Waals surface area (Å²) in [5.74, 6) is 1.90. The van der Waals surface area contributed by atoms with Crippen LogP contribution < -0.4 is 5.32 Å². The Morgan fingerprint density at radius 1 is 1.60 bits per heavy atom. The summed E-state index contributed by atoms with van der Waals surface area (Å²) >= 11 is 0. The summed E-state index contributed by atoms with van der Waals surface area (Å²) in [6.07, 6.45) is 7.60. The Morgan fingerprint density at radius 2 is 2.40 bits per heavy atom. The van der Waals surface area contributed by atoms with Crippen LogP contribution in [0.3, 0.4) is 0 Å². The van der Waals surface area contributed by atoms with E-state index in [4.69, 9.17) is 0 Å². The first kappa shape index (κ1) is 10.7.